The molecule has 1 heterocycles. The molecule has 1 saturated heterocycles. The van der Waals surface area contributed by atoms with Crippen LogP contribution in [0.25, 0.3) is 0 Å². The molecule has 0 N–H and O–H groups in total. The van der Waals surface area contributed by atoms with Crippen molar-refractivity contribution < 1.29 is 23.8 Å². The van der Waals surface area contributed by atoms with Crippen molar-refractivity contribution in [2.45, 2.75) is 39.9 Å². The van der Waals surface area contributed by atoms with E-state index in [1.54, 1.807) is 36.3 Å². The molecule has 3 rings (SSSR count). The predicted octanol–water partition coefficient (Wildman–Crippen LogP) is 4.08. The van der Waals surface area contributed by atoms with Crippen LogP contribution in [0.5, 0.6) is 11.5 Å². The Kier molecular flexibility index (Phi) is 6.34. The van der Waals surface area contributed by atoms with Crippen LogP contribution in [0.2, 0.25) is 0 Å². The number of benzene rings is 2. The molecule has 0 spiro atoms. The Hall–Kier alpha value is -3.02. The molecule has 2 atom stereocenters. The number of nitrogens with zero attached hydrogens (tertiary/aromatic N) is 1. The van der Waals surface area contributed by atoms with Gasteiger partial charge >= 0.3 is 5.97 Å². The summed E-state index contributed by atoms with van der Waals surface area (Å²) >= 11 is 0. The Morgan fingerprint density at radius 3 is 2.20 bits per heavy atom. The minimum atomic E-state index is -0.870. The van der Waals surface area contributed by atoms with Gasteiger partial charge in [0.2, 0.25) is 0 Å². The van der Waals surface area contributed by atoms with Crippen LogP contribution < -0.4 is 14.4 Å². The number of carbonyl (C=O) groups excluding carboxylic acids is 2. The van der Waals surface area contributed by atoms with Crippen LogP contribution in [0.1, 0.15) is 27.7 Å². The van der Waals surface area contributed by atoms with Gasteiger partial charge in [0, 0.05) is 23.6 Å². The summed E-state index contributed by atoms with van der Waals surface area (Å²) in [5.74, 6) is 0.345. The Morgan fingerprint density at radius 2 is 1.63 bits per heavy atom. The molecule has 160 valence electrons. The molecule has 1 aliphatic rings. The van der Waals surface area contributed by atoms with E-state index in [9.17, 15) is 9.59 Å². The highest BCUT2D eigenvalue weighted by atomic mass is 16.6. The lowest BCUT2D eigenvalue weighted by atomic mass is 9.89. The number of hydrogen-bond acceptors (Lipinski definition) is 5. The van der Waals surface area contributed by atoms with Gasteiger partial charge in [-0.1, -0.05) is 45.9 Å². The second-order valence-electron chi connectivity index (χ2n) is 8.52. The number of anilines is 1. The number of carbonyl (C=O) groups is 2. The highest BCUT2D eigenvalue weighted by molar-refractivity contribution is 6.01. The molecular formula is C24H29NO5. The third-order valence-corrected chi connectivity index (χ3v) is 5.23. The fraction of sp³-hybridized carbons (Fsp3) is 0.417. The van der Waals surface area contributed by atoms with Gasteiger partial charge in [-0.3, -0.25) is 4.79 Å². The normalized spacial score (nSPS) is 18.9. The highest BCUT2D eigenvalue weighted by Crippen LogP contribution is 2.36. The number of methoxy groups -OCH3 is 1. The van der Waals surface area contributed by atoms with Crippen molar-refractivity contribution in [1.82, 2.24) is 0 Å². The Morgan fingerprint density at radius 1 is 1.03 bits per heavy atom. The average Bonchev–Trinajstić information content (AvgIpc) is 2.96. The molecule has 6 heteroatoms. The maximum atomic E-state index is 13.1. The fourth-order valence-corrected chi connectivity index (χ4v) is 3.52. The molecule has 0 radical (unpaired) electrons. The van der Waals surface area contributed by atoms with Gasteiger partial charge in [-0.25, -0.2) is 4.79 Å². The fourth-order valence-electron chi connectivity index (χ4n) is 3.52. The molecule has 1 aliphatic heterocycles. The lowest BCUT2D eigenvalue weighted by molar-refractivity contribution is -0.167. The minimum absolute atomic E-state index is 0.135. The first kappa shape index (κ1) is 21.7. The van der Waals surface area contributed by atoms with Gasteiger partial charge in [0.1, 0.15) is 11.5 Å². The highest BCUT2D eigenvalue weighted by Gasteiger charge is 2.50. The van der Waals surface area contributed by atoms with Crippen molar-refractivity contribution in [3.8, 4) is 11.5 Å². The third kappa shape index (κ3) is 4.58. The van der Waals surface area contributed by atoms with Gasteiger partial charge in [0.15, 0.2) is 12.2 Å². The monoisotopic (exact) mass is 411 g/mol. The van der Waals surface area contributed by atoms with Gasteiger partial charge in [-0.2, -0.15) is 0 Å². The van der Waals surface area contributed by atoms with Crippen molar-refractivity contribution in [2.75, 3.05) is 18.6 Å². The zero-order valence-corrected chi connectivity index (χ0v) is 18.1. The van der Waals surface area contributed by atoms with Crippen LogP contribution >= 0.6 is 0 Å². The summed E-state index contributed by atoms with van der Waals surface area (Å²) in [6.07, 6.45) is -1.70. The summed E-state index contributed by atoms with van der Waals surface area (Å²) in [7, 11) is 1.59. The van der Waals surface area contributed by atoms with E-state index in [2.05, 4.69) is 0 Å². The van der Waals surface area contributed by atoms with E-state index in [-0.39, 0.29) is 11.8 Å². The zero-order chi connectivity index (χ0) is 21.9. The van der Waals surface area contributed by atoms with E-state index < -0.39 is 23.6 Å². The largest absolute Gasteiger partial charge is 0.497 e. The standard InChI is InChI=1S/C24H29NO5/c1-16(2)20(29-19-13-11-18(28-5)12-14-19)23(27)30-21-22(26)25(15-24(21,3)4)17-9-7-6-8-10-17/h6-14,16,20-21H,15H2,1-5H3. The molecule has 0 aliphatic carbocycles. The van der Waals surface area contributed by atoms with E-state index in [0.717, 1.165) is 5.69 Å². The summed E-state index contributed by atoms with van der Waals surface area (Å²) < 4.78 is 16.8. The molecule has 1 fully saturated rings. The number of amides is 1. The van der Waals surface area contributed by atoms with Crippen LogP contribution in [0.3, 0.4) is 0 Å². The Labute approximate surface area is 177 Å². The van der Waals surface area contributed by atoms with Crippen molar-refractivity contribution in [1.29, 1.82) is 0 Å². The van der Waals surface area contributed by atoms with Crippen molar-refractivity contribution >= 4 is 17.6 Å². The predicted molar refractivity (Wildman–Crippen MR) is 115 cm³/mol. The molecule has 0 aromatic heterocycles. The molecular weight excluding hydrogens is 382 g/mol. The molecule has 2 aromatic carbocycles. The molecule has 2 unspecified atom stereocenters. The van der Waals surface area contributed by atoms with Crippen LogP contribution in [0.15, 0.2) is 54.6 Å². The topological polar surface area (TPSA) is 65.1 Å². The first-order valence-corrected chi connectivity index (χ1v) is 10.1. The summed E-state index contributed by atoms with van der Waals surface area (Å²) in [6, 6.07) is 16.4. The first-order chi connectivity index (χ1) is 14.2. The van der Waals surface area contributed by atoms with E-state index in [1.165, 1.54) is 0 Å². The SMILES string of the molecule is COc1ccc(OC(C(=O)OC2C(=O)N(c3ccccc3)CC2(C)C)C(C)C)cc1. The lowest BCUT2D eigenvalue weighted by Gasteiger charge is -2.27. The van der Waals surface area contributed by atoms with Crippen molar-refractivity contribution in [2.24, 2.45) is 11.3 Å². The van der Waals surface area contributed by atoms with Gasteiger partial charge in [-0.05, 0) is 36.4 Å². The molecule has 1 amide bonds. The lowest BCUT2D eigenvalue weighted by Crippen LogP contribution is -2.42. The minimum Gasteiger partial charge on any atom is -0.497 e. The number of para-hydroxylation sites is 1. The van der Waals surface area contributed by atoms with Crippen molar-refractivity contribution in [3.05, 3.63) is 54.6 Å². The number of hydrogen-bond donors (Lipinski definition) is 0. The van der Waals surface area contributed by atoms with Gasteiger partial charge in [0.05, 0.1) is 7.11 Å². The first-order valence-electron chi connectivity index (χ1n) is 10.1. The number of ether oxygens (including phenoxy) is 3. The maximum Gasteiger partial charge on any atom is 0.348 e. The molecule has 2 aromatic rings. The summed E-state index contributed by atoms with van der Waals surface area (Å²) in [5, 5.41) is 0. The van der Waals surface area contributed by atoms with Crippen LogP contribution in [-0.2, 0) is 14.3 Å². The van der Waals surface area contributed by atoms with Crippen LogP contribution in [0, 0.1) is 11.3 Å². The maximum absolute atomic E-state index is 13.1. The quantitative estimate of drug-likeness (QED) is 0.642. The van der Waals surface area contributed by atoms with Gasteiger partial charge in [-0.15, -0.1) is 0 Å². The number of rotatable bonds is 7. The van der Waals surface area contributed by atoms with E-state index in [4.69, 9.17) is 14.2 Å². The van der Waals surface area contributed by atoms with Gasteiger partial charge < -0.3 is 19.1 Å². The molecule has 6 nitrogen and oxygen atoms in total. The zero-order valence-electron chi connectivity index (χ0n) is 18.1. The van der Waals surface area contributed by atoms with Crippen molar-refractivity contribution in [3.63, 3.8) is 0 Å². The summed E-state index contributed by atoms with van der Waals surface area (Å²) in [5.41, 5.74) is 0.272. The second-order valence-corrected chi connectivity index (χ2v) is 8.52. The van der Waals surface area contributed by atoms with E-state index in [0.29, 0.717) is 18.0 Å². The summed E-state index contributed by atoms with van der Waals surface area (Å²) in [6.45, 7) is 8.10. The smallest absolute Gasteiger partial charge is 0.348 e. The number of esters is 1. The van der Waals surface area contributed by atoms with E-state index >= 15 is 0 Å². The summed E-state index contributed by atoms with van der Waals surface area (Å²) in [4.78, 5) is 27.7. The molecule has 30 heavy (non-hydrogen) atoms. The Balaban J connectivity index is 1.75. The average molecular weight is 411 g/mol. The molecule has 0 bridgehead atoms. The van der Waals surface area contributed by atoms with Crippen LogP contribution in [-0.4, -0.2) is 37.7 Å². The van der Waals surface area contributed by atoms with Gasteiger partial charge in [0.25, 0.3) is 5.91 Å². The van der Waals surface area contributed by atoms with Crippen LogP contribution in [0.4, 0.5) is 5.69 Å². The molecule has 0 saturated carbocycles. The van der Waals surface area contributed by atoms with E-state index in [1.807, 2.05) is 58.0 Å². The third-order valence-electron chi connectivity index (χ3n) is 5.23. The Bertz CT molecular complexity index is 876. The second kappa shape index (κ2) is 8.78.